The molecule has 0 aliphatic carbocycles. The number of ether oxygens (including phenoxy) is 1. The van der Waals surface area contributed by atoms with Gasteiger partial charge in [-0.1, -0.05) is 11.2 Å². The number of hydrogen-bond donors (Lipinski definition) is 0. The predicted octanol–water partition coefficient (Wildman–Crippen LogP) is 3.11. The van der Waals surface area contributed by atoms with Gasteiger partial charge in [0.05, 0.1) is 12.3 Å². The molecule has 2 aliphatic heterocycles. The maximum absolute atomic E-state index is 12.4. The lowest BCUT2D eigenvalue weighted by molar-refractivity contribution is 0.0176. The van der Waals surface area contributed by atoms with Gasteiger partial charge in [0, 0.05) is 6.04 Å². The summed E-state index contributed by atoms with van der Waals surface area (Å²) < 4.78 is 5.55. The van der Waals surface area contributed by atoms with Crippen LogP contribution in [0.3, 0.4) is 0 Å². The molecule has 2 heterocycles. The third-order valence-corrected chi connectivity index (χ3v) is 3.68. The van der Waals surface area contributed by atoms with Crippen LogP contribution in [0, 0.1) is 0 Å². The zero-order valence-electron chi connectivity index (χ0n) is 12.8. The summed E-state index contributed by atoms with van der Waals surface area (Å²) in [7, 11) is 1.52. The fourth-order valence-corrected chi connectivity index (χ4v) is 2.92. The molecule has 2 aliphatic rings. The zero-order valence-corrected chi connectivity index (χ0v) is 12.8. The molecule has 2 rings (SSSR count). The number of carbonyl (C=O) groups excluding carboxylic acids is 1. The third-order valence-electron chi connectivity index (χ3n) is 3.68. The number of rotatable bonds is 2. The van der Waals surface area contributed by atoms with Gasteiger partial charge in [-0.05, 0) is 52.0 Å². The smallest absolute Gasteiger partial charge is 0.411 e. The first-order valence-corrected chi connectivity index (χ1v) is 7.20. The summed E-state index contributed by atoms with van der Waals surface area (Å²) in [6.45, 7) is 5.69. The summed E-state index contributed by atoms with van der Waals surface area (Å²) >= 11 is 0. The maximum Gasteiger partial charge on any atom is 0.411 e. The van der Waals surface area contributed by atoms with Crippen LogP contribution in [0.25, 0.3) is 0 Å². The average molecular weight is 280 g/mol. The van der Waals surface area contributed by atoms with E-state index in [0.717, 1.165) is 31.3 Å². The Bertz CT molecular complexity index is 423. The second-order valence-corrected chi connectivity index (χ2v) is 6.33. The molecule has 0 spiro atoms. The minimum atomic E-state index is -0.465. The number of oxime groups is 1. The molecule has 20 heavy (non-hydrogen) atoms. The van der Waals surface area contributed by atoms with Crippen molar-refractivity contribution in [2.45, 2.75) is 64.1 Å². The number of allylic oxidation sites excluding steroid dienone is 1. The largest absolute Gasteiger partial charge is 0.444 e. The molecule has 0 radical (unpaired) electrons. The molecule has 5 nitrogen and oxygen atoms in total. The van der Waals surface area contributed by atoms with Crippen molar-refractivity contribution in [3.05, 3.63) is 11.6 Å². The minimum Gasteiger partial charge on any atom is -0.444 e. The van der Waals surface area contributed by atoms with E-state index in [1.165, 1.54) is 7.11 Å². The Kier molecular flexibility index (Phi) is 4.35. The van der Waals surface area contributed by atoms with E-state index >= 15 is 0 Å². The second-order valence-electron chi connectivity index (χ2n) is 6.33. The fraction of sp³-hybridized carbons (Fsp3) is 0.733. The Morgan fingerprint density at radius 1 is 1.40 bits per heavy atom. The molecular weight excluding hydrogens is 256 g/mol. The van der Waals surface area contributed by atoms with Gasteiger partial charge in [-0.15, -0.1) is 0 Å². The van der Waals surface area contributed by atoms with Crippen LogP contribution >= 0.6 is 0 Å². The van der Waals surface area contributed by atoms with E-state index in [9.17, 15) is 4.79 Å². The summed E-state index contributed by atoms with van der Waals surface area (Å²) in [5.41, 5.74) is 0.588. The number of nitrogens with zero attached hydrogens (tertiary/aromatic N) is 2. The highest BCUT2D eigenvalue weighted by Gasteiger charge is 2.41. The van der Waals surface area contributed by atoms with Crippen molar-refractivity contribution in [2.24, 2.45) is 5.16 Å². The van der Waals surface area contributed by atoms with Crippen LogP contribution in [0.15, 0.2) is 16.8 Å². The summed E-state index contributed by atoms with van der Waals surface area (Å²) in [5.74, 6) is 0. The van der Waals surface area contributed by atoms with Gasteiger partial charge in [0.1, 0.15) is 12.7 Å². The first-order valence-electron chi connectivity index (χ1n) is 7.20. The van der Waals surface area contributed by atoms with Crippen molar-refractivity contribution in [1.82, 2.24) is 4.90 Å². The van der Waals surface area contributed by atoms with Gasteiger partial charge in [-0.25, -0.2) is 4.79 Å². The standard InChI is InChI=1S/C15H24N2O3/c1-15(2,3)20-14(18)17-12-7-5-6-11(10-16-19-4)13(17)9-8-12/h6,10,12-13H,5,7-9H2,1-4H3. The number of fused-ring (bicyclic) bond motifs is 2. The van der Waals surface area contributed by atoms with Gasteiger partial charge in [-0.3, -0.25) is 4.90 Å². The van der Waals surface area contributed by atoms with Crippen LogP contribution in [-0.2, 0) is 9.57 Å². The third kappa shape index (κ3) is 3.32. The molecule has 2 unspecified atom stereocenters. The topological polar surface area (TPSA) is 51.1 Å². The molecule has 5 heteroatoms. The van der Waals surface area contributed by atoms with Crippen LogP contribution in [0.5, 0.6) is 0 Å². The molecule has 2 atom stereocenters. The first-order chi connectivity index (χ1) is 9.42. The van der Waals surface area contributed by atoms with E-state index in [0.29, 0.717) is 0 Å². The highest BCUT2D eigenvalue weighted by molar-refractivity contribution is 5.82. The molecular formula is C15H24N2O3. The van der Waals surface area contributed by atoms with Crippen molar-refractivity contribution in [1.29, 1.82) is 0 Å². The lowest BCUT2D eigenvalue weighted by atomic mass is 10.0. The van der Waals surface area contributed by atoms with Gasteiger partial charge in [0.25, 0.3) is 0 Å². The lowest BCUT2D eigenvalue weighted by Gasteiger charge is -2.31. The summed E-state index contributed by atoms with van der Waals surface area (Å²) in [4.78, 5) is 19.1. The van der Waals surface area contributed by atoms with Gasteiger partial charge in [-0.2, -0.15) is 0 Å². The zero-order chi connectivity index (χ0) is 14.8. The first kappa shape index (κ1) is 14.9. The van der Waals surface area contributed by atoms with Crippen LogP contribution in [0.2, 0.25) is 0 Å². The normalized spacial score (nSPS) is 26.4. The molecule has 0 N–H and O–H groups in total. The van der Waals surface area contributed by atoms with Crippen molar-refractivity contribution in [3.63, 3.8) is 0 Å². The molecule has 0 aromatic heterocycles. The monoisotopic (exact) mass is 280 g/mol. The van der Waals surface area contributed by atoms with Crippen molar-refractivity contribution < 1.29 is 14.4 Å². The van der Waals surface area contributed by atoms with Crippen LogP contribution in [0.1, 0.15) is 46.5 Å². The van der Waals surface area contributed by atoms with E-state index in [4.69, 9.17) is 9.57 Å². The molecule has 2 bridgehead atoms. The van der Waals surface area contributed by atoms with E-state index in [-0.39, 0.29) is 18.2 Å². The molecule has 0 aromatic rings. The molecule has 1 fully saturated rings. The van der Waals surface area contributed by atoms with Crippen molar-refractivity contribution in [3.8, 4) is 0 Å². The Morgan fingerprint density at radius 2 is 2.15 bits per heavy atom. The molecule has 1 amide bonds. The molecule has 0 aromatic carbocycles. The predicted molar refractivity (Wildman–Crippen MR) is 77.7 cm³/mol. The minimum absolute atomic E-state index is 0.0660. The van der Waals surface area contributed by atoms with Crippen LogP contribution in [0.4, 0.5) is 4.79 Å². The Hall–Kier alpha value is -1.52. The highest BCUT2D eigenvalue weighted by atomic mass is 16.6. The number of hydrogen-bond acceptors (Lipinski definition) is 4. The summed E-state index contributed by atoms with van der Waals surface area (Å²) in [6.07, 6.45) is 7.60. The number of carbonyl (C=O) groups is 1. The summed E-state index contributed by atoms with van der Waals surface area (Å²) in [5, 5.41) is 3.85. The quantitative estimate of drug-likeness (QED) is 0.577. The average Bonchev–Trinajstić information content (AvgIpc) is 2.64. The maximum atomic E-state index is 12.4. The van der Waals surface area contributed by atoms with Gasteiger partial charge in [0.2, 0.25) is 0 Å². The van der Waals surface area contributed by atoms with Crippen LogP contribution in [-0.4, -0.2) is 42.0 Å². The number of amides is 1. The van der Waals surface area contributed by atoms with Gasteiger partial charge < -0.3 is 9.57 Å². The Balaban J connectivity index is 2.18. The van der Waals surface area contributed by atoms with Gasteiger partial charge in [0.15, 0.2) is 0 Å². The Labute approximate surface area is 120 Å². The van der Waals surface area contributed by atoms with Gasteiger partial charge >= 0.3 is 6.09 Å². The fourth-order valence-electron chi connectivity index (χ4n) is 2.92. The SMILES string of the molecule is CON=CC1=CCCC2CCC1N2C(=O)OC(C)(C)C. The molecule has 0 saturated carbocycles. The Morgan fingerprint density at radius 3 is 2.80 bits per heavy atom. The van der Waals surface area contributed by atoms with E-state index < -0.39 is 5.60 Å². The van der Waals surface area contributed by atoms with E-state index in [2.05, 4.69) is 11.2 Å². The molecule has 1 saturated heterocycles. The van der Waals surface area contributed by atoms with E-state index in [1.807, 2.05) is 25.7 Å². The lowest BCUT2D eigenvalue weighted by Crippen LogP contribution is -2.44. The molecule has 112 valence electrons. The highest BCUT2D eigenvalue weighted by Crippen LogP contribution is 2.35. The van der Waals surface area contributed by atoms with Crippen LogP contribution < -0.4 is 0 Å². The van der Waals surface area contributed by atoms with Crippen molar-refractivity contribution in [2.75, 3.05) is 7.11 Å². The van der Waals surface area contributed by atoms with E-state index in [1.54, 1.807) is 6.21 Å². The summed E-state index contributed by atoms with van der Waals surface area (Å²) in [6, 6.07) is 0.343. The second kappa shape index (κ2) is 5.85. The van der Waals surface area contributed by atoms with Crippen molar-refractivity contribution >= 4 is 12.3 Å².